The molecule has 0 saturated heterocycles. The quantitative estimate of drug-likeness (QED) is 0.0289. The molecule has 0 heterocycles. The topological polar surface area (TPSA) is 154 Å². The first-order chi connectivity index (χ1) is 23.3. The highest BCUT2D eigenvalue weighted by molar-refractivity contribution is 5.74. The summed E-state index contributed by atoms with van der Waals surface area (Å²) in [5.41, 5.74) is 0. The largest absolute Gasteiger partial charge is 0.393 e. The third-order valence-corrected chi connectivity index (χ3v) is 10.4. The lowest BCUT2D eigenvalue weighted by Crippen LogP contribution is -2.56. The molecule has 0 aromatic heterocycles. The Balaban J connectivity index is 2.06. The first-order valence-corrected chi connectivity index (χ1v) is 20.5. The molecular formula is C39H79N3O6. The van der Waals surface area contributed by atoms with Gasteiger partial charge in [-0.15, -0.1) is 0 Å². The molecule has 48 heavy (non-hydrogen) atoms. The van der Waals surface area contributed by atoms with E-state index >= 15 is 0 Å². The Labute approximate surface area is 294 Å². The average Bonchev–Trinajstić information content (AvgIpc) is 3.19. The van der Waals surface area contributed by atoms with Gasteiger partial charge in [0.25, 0.3) is 0 Å². The summed E-state index contributed by atoms with van der Waals surface area (Å²) in [6.07, 6.45) is 26.7. The molecule has 286 valence electrons. The predicted octanol–water partition coefficient (Wildman–Crippen LogP) is 7.00. The lowest BCUT2D eigenvalue weighted by atomic mass is 10.00. The van der Waals surface area contributed by atoms with Gasteiger partial charge >= 0.3 is 6.03 Å². The minimum atomic E-state index is -1.25. The van der Waals surface area contributed by atoms with E-state index in [0.717, 1.165) is 12.8 Å². The Bertz CT molecular complexity index is 732. The summed E-state index contributed by atoms with van der Waals surface area (Å²) in [5.74, 6) is 0. The second kappa shape index (κ2) is 30.8. The minimum Gasteiger partial charge on any atom is -0.393 e. The number of unbranched alkanes of at least 4 members (excludes halogenated alkanes) is 21. The van der Waals surface area contributed by atoms with Crippen LogP contribution in [0.1, 0.15) is 187 Å². The molecule has 0 aromatic rings. The van der Waals surface area contributed by atoms with Crippen LogP contribution < -0.4 is 16.0 Å². The zero-order valence-corrected chi connectivity index (χ0v) is 31.2. The van der Waals surface area contributed by atoms with Gasteiger partial charge in [-0.1, -0.05) is 149 Å². The van der Waals surface area contributed by atoms with Crippen LogP contribution in [0.5, 0.6) is 0 Å². The highest BCUT2D eigenvalue weighted by atomic mass is 16.4. The molecule has 1 aliphatic rings. The van der Waals surface area contributed by atoms with Gasteiger partial charge < -0.3 is 41.5 Å². The number of carbonyl (C=O) groups excluding carboxylic acids is 1. The smallest absolute Gasteiger partial charge is 0.315 e. The van der Waals surface area contributed by atoms with Crippen LogP contribution in [0, 0.1) is 0 Å². The Kier molecular flexibility index (Phi) is 28.9. The molecule has 1 fully saturated rings. The SMILES string of the molecule is CCCCCCCCCCCCCCCCCCCCCCCCNC(=O)NC(CNC1CCCC(O)C(O)C1O)C(O)CC(O)CC. The average molecular weight is 686 g/mol. The van der Waals surface area contributed by atoms with Crippen LogP contribution in [0.15, 0.2) is 0 Å². The molecule has 0 aliphatic heterocycles. The van der Waals surface area contributed by atoms with Crippen molar-refractivity contribution < 1.29 is 30.3 Å². The predicted molar refractivity (Wildman–Crippen MR) is 198 cm³/mol. The molecule has 8 N–H and O–H groups in total. The molecule has 0 aromatic carbocycles. The van der Waals surface area contributed by atoms with Gasteiger partial charge in [0.2, 0.25) is 0 Å². The maximum atomic E-state index is 12.6. The molecule has 1 aliphatic carbocycles. The van der Waals surface area contributed by atoms with Gasteiger partial charge in [-0.2, -0.15) is 0 Å². The van der Waals surface area contributed by atoms with Crippen molar-refractivity contribution >= 4 is 6.03 Å². The normalized spacial score (nSPS) is 21.8. The van der Waals surface area contributed by atoms with E-state index in [1.807, 2.05) is 6.92 Å². The van der Waals surface area contributed by atoms with Crippen molar-refractivity contribution in [3.63, 3.8) is 0 Å². The molecular weight excluding hydrogens is 606 g/mol. The highest BCUT2D eigenvalue weighted by Gasteiger charge is 2.35. The summed E-state index contributed by atoms with van der Waals surface area (Å²) in [6, 6.07) is -1.53. The molecule has 9 nitrogen and oxygen atoms in total. The molecule has 9 heteroatoms. The van der Waals surface area contributed by atoms with E-state index in [1.165, 1.54) is 128 Å². The van der Waals surface area contributed by atoms with Gasteiger partial charge in [-0.3, -0.25) is 0 Å². The Hall–Kier alpha value is -0.970. The maximum Gasteiger partial charge on any atom is 0.315 e. The van der Waals surface area contributed by atoms with Crippen molar-refractivity contribution in [2.75, 3.05) is 13.1 Å². The number of urea groups is 1. The molecule has 0 spiro atoms. The first-order valence-electron chi connectivity index (χ1n) is 20.5. The minimum absolute atomic E-state index is 0.122. The molecule has 7 atom stereocenters. The lowest BCUT2D eigenvalue weighted by molar-refractivity contribution is -0.0651. The molecule has 1 rings (SSSR count). The van der Waals surface area contributed by atoms with Crippen LogP contribution in [-0.4, -0.2) is 87.3 Å². The summed E-state index contributed by atoms with van der Waals surface area (Å²) in [7, 11) is 0. The third-order valence-electron chi connectivity index (χ3n) is 10.4. The fourth-order valence-electron chi connectivity index (χ4n) is 6.90. The molecule has 2 amide bonds. The fourth-order valence-corrected chi connectivity index (χ4v) is 6.90. The van der Waals surface area contributed by atoms with Crippen molar-refractivity contribution in [2.45, 2.75) is 230 Å². The summed E-state index contributed by atoms with van der Waals surface area (Å²) < 4.78 is 0. The van der Waals surface area contributed by atoms with E-state index in [4.69, 9.17) is 0 Å². The Morgan fingerprint density at radius 3 is 1.56 bits per heavy atom. The Morgan fingerprint density at radius 1 is 0.646 bits per heavy atom. The number of hydrogen-bond acceptors (Lipinski definition) is 7. The number of amides is 2. The van der Waals surface area contributed by atoms with Gasteiger partial charge in [0.1, 0.15) is 6.10 Å². The zero-order valence-electron chi connectivity index (χ0n) is 31.2. The number of rotatable bonds is 31. The van der Waals surface area contributed by atoms with Crippen LogP contribution in [0.25, 0.3) is 0 Å². The molecule has 7 unspecified atom stereocenters. The number of aliphatic hydroxyl groups excluding tert-OH is 5. The zero-order chi connectivity index (χ0) is 35.2. The van der Waals surface area contributed by atoms with Crippen LogP contribution in [-0.2, 0) is 0 Å². The van der Waals surface area contributed by atoms with Gasteiger partial charge in [0.05, 0.1) is 30.5 Å². The third kappa shape index (κ3) is 23.4. The van der Waals surface area contributed by atoms with Crippen LogP contribution in [0.2, 0.25) is 0 Å². The maximum absolute atomic E-state index is 12.6. The van der Waals surface area contributed by atoms with Crippen LogP contribution >= 0.6 is 0 Å². The van der Waals surface area contributed by atoms with Crippen LogP contribution in [0.4, 0.5) is 4.79 Å². The number of carbonyl (C=O) groups is 1. The summed E-state index contributed by atoms with van der Waals surface area (Å²) in [6.45, 7) is 4.84. The van der Waals surface area contributed by atoms with Crippen molar-refractivity contribution in [1.29, 1.82) is 0 Å². The van der Waals surface area contributed by atoms with Gasteiger partial charge in [0.15, 0.2) is 0 Å². The number of nitrogens with one attached hydrogen (secondary N) is 3. The second-order valence-corrected chi connectivity index (χ2v) is 14.8. The van der Waals surface area contributed by atoms with Crippen molar-refractivity contribution in [3.8, 4) is 0 Å². The van der Waals surface area contributed by atoms with Crippen LogP contribution in [0.3, 0.4) is 0 Å². The first kappa shape index (κ1) is 45.1. The summed E-state index contributed by atoms with van der Waals surface area (Å²) >= 11 is 0. The van der Waals surface area contributed by atoms with Gasteiger partial charge in [-0.05, 0) is 32.1 Å². The van der Waals surface area contributed by atoms with Crippen molar-refractivity contribution in [2.24, 2.45) is 0 Å². The summed E-state index contributed by atoms with van der Waals surface area (Å²) in [4.78, 5) is 12.6. The number of aliphatic hydroxyl groups is 5. The van der Waals surface area contributed by atoms with Gasteiger partial charge in [-0.25, -0.2) is 4.79 Å². The molecule has 1 saturated carbocycles. The molecule has 0 radical (unpaired) electrons. The van der Waals surface area contributed by atoms with Crippen molar-refractivity contribution in [3.05, 3.63) is 0 Å². The Morgan fingerprint density at radius 2 is 1.10 bits per heavy atom. The molecule has 0 bridgehead atoms. The van der Waals surface area contributed by atoms with E-state index in [-0.39, 0.29) is 19.0 Å². The lowest BCUT2D eigenvalue weighted by Gasteiger charge is -2.31. The monoisotopic (exact) mass is 686 g/mol. The standard InChI is InChI=1S/C39H79N3O6/c1-3-5-6-7-8-9-10-11-12-13-14-15-16-17-18-19-20-21-22-23-24-25-29-40-39(48)42-34(36(45)30-32(43)4-2)31-41-33-27-26-28-35(44)38(47)37(33)46/h32-38,41,43-47H,3-31H2,1-2H3,(H2,40,42,48). The fraction of sp³-hybridized carbons (Fsp3) is 0.974. The van der Waals surface area contributed by atoms with E-state index in [1.54, 1.807) is 0 Å². The highest BCUT2D eigenvalue weighted by Crippen LogP contribution is 2.20. The van der Waals surface area contributed by atoms with E-state index in [0.29, 0.717) is 32.2 Å². The van der Waals surface area contributed by atoms with E-state index in [9.17, 15) is 30.3 Å². The second-order valence-electron chi connectivity index (χ2n) is 14.8. The van der Waals surface area contributed by atoms with Gasteiger partial charge in [0, 0.05) is 25.6 Å². The van der Waals surface area contributed by atoms with E-state index < -0.39 is 42.6 Å². The summed E-state index contributed by atoms with van der Waals surface area (Å²) in [5, 5.41) is 60.3. The van der Waals surface area contributed by atoms with Crippen molar-refractivity contribution in [1.82, 2.24) is 16.0 Å². The van der Waals surface area contributed by atoms with E-state index in [2.05, 4.69) is 22.9 Å². The number of hydrogen-bond donors (Lipinski definition) is 8.